The Labute approximate surface area is 144 Å². The number of nitrogens with one attached hydrogen (secondary N) is 2. The van der Waals surface area contributed by atoms with Crippen LogP contribution in [-0.4, -0.2) is 17.6 Å². The van der Waals surface area contributed by atoms with E-state index in [9.17, 15) is 18.0 Å². The van der Waals surface area contributed by atoms with Crippen molar-refractivity contribution >= 4 is 38.9 Å². The lowest BCUT2D eigenvalue weighted by atomic mass is 10.0. The minimum Gasteiger partial charge on any atom is -0.406 e. The number of anilines is 3. The Morgan fingerprint density at radius 1 is 1.04 bits per heavy atom. The highest BCUT2D eigenvalue weighted by Crippen LogP contribution is 2.36. The lowest BCUT2D eigenvalue weighted by Crippen LogP contribution is -2.17. The number of ether oxygens (including phenoxy) is 1. The molecule has 1 heterocycles. The van der Waals surface area contributed by atoms with Crippen LogP contribution in [0.3, 0.4) is 0 Å². The summed E-state index contributed by atoms with van der Waals surface area (Å²) in [5, 5.41) is 6.41. The van der Waals surface area contributed by atoms with Gasteiger partial charge < -0.3 is 15.4 Å². The van der Waals surface area contributed by atoms with Gasteiger partial charge in [0.1, 0.15) is 5.75 Å². The summed E-state index contributed by atoms with van der Waals surface area (Å²) in [5.74, 6) is -0.771. The van der Waals surface area contributed by atoms with Crippen LogP contribution in [0.2, 0.25) is 0 Å². The van der Waals surface area contributed by atoms with Crippen molar-refractivity contribution < 1.29 is 22.7 Å². The van der Waals surface area contributed by atoms with Gasteiger partial charge in [-0.05, 0) is 30.2 Å². The Hall–Kier alpha value is -2.22. The van der Waals surface area contributed by atoms with E-state index in [4.69, 9.17) is 0 Å². The third-order valence-electron chi connectivity index (χ3n) is 3.48. The number of amides is 1. The number of aryl methyl sites for hydroxylation is 1. The second kappa shape index (κ2) is 6.35. The van der Waals surface area contributed by atoms with Gasteiger partial charge in [-0.25, -0.2) is 0 Å². The normalized spacial score (nSPS) is 13.2. The van der Waals surface area contributed by atoms with E-state index < -0.39 is 12.1 Å². The van der Waals surface area contributed by atoms with Crippen LogP contribution in [-0.2, 0) is 6.42 Å². The third kappa shape index (κ3) is 3.48. The largest absolute Gasteiger partial charge is 0.573 e. The fourth-order valence-corrected chi connectivity index (χ4v) is 2.97. The number of rotatable bonds is 3. The van der Waals surface area contributed by atoms with Crippen LogP contribution in [0.5, 0.6) is 5.75 Å². The van der Waals surface area contributed by atoms with E-state index in [1.165, 1.54) is 12.1 Å². The molecule has 0 saturated carbocycles. The highest BCUT2D eigenvalue weighted by atomic mass is 79.9. The molecule has 0 spiro atoms. The highest BCUT2D eigenvalue weighted by Gasteiger charge is 2.31. The predicted molar refractivity (Wildman–Crippen MR) is 88.3 cm³/mol. The lowest BCUT2D eigenvalue weighted by molar-refractivity contribution is -0.274. The number of carbonyl (C=O) groups excluding carboxylic acids is 1. The lowest BCUT2D eigenvalue weighted by Gasteiger charge is -2.13. The molecule has 0 unspecified atom stereocenters. The smallest absolute Gasteiger partial charge is 0.406 e. The summed E-state index contributed by atoms with van der Waals surface area (Å²) in [6.45, 7) is 0. The molecule has 1 aliphatic rings. The summed E-state index contributed by atoms with van der Waals surface area (Å²) in [7, 11) is 0. The summed E-state index contributed by atoms with van der Waals surface area (Å²) < 4.78 is 41.0. The van der Waals surface area contributed by atoms with Crippen molar-refractivity contribution in [1.29, 1.82) is 0 Å². The first-order valence-corrected chi connectivity index (χ1v) is 8.15. The number of alkyl halides is 4. The van der Waals surface area contributed by atoms with Crippen molar-refractivity contribution in [2.45, 2.75) is 12.8 Å². The monoisotopic (exact) mass is 400 g/mol. The number of benzene rings is 2. The maximum atomic E-state index is 12.5. The van der Waals surface area contributed by atoms with E-state index in [1.54, 1.807) is 6.07 Å². The molecule has 0 bridgehead atoms. The van der Waals surface area contributed by atoms with Crippen LogP contribution in [0.15, 0.2) is 36.4 Å². The number of hydrogen-bond acceptors (Lipinski definition) is 3. The Kier molecular flexibility index (Phi) is 4.40. The molecule has 0 saturated heterocycles. The average Bonchev–Trinajstić information content (AvgIpc) is 2.62. The van der Waals surface area contributed by atoms with E-state index >= 15 is 0 Å². The number of hydrogen-bond donors (Lipinski definition) is 2. The van der Waals surface area contributed by atoms with E-state index in [1.807, 2.05) is 12.1 Å². The molecule has 0 aliphatic carbocycles. The molecule has 4 nitrogen and oxygen atoms in total. The first kappa shape index (κ1) is 16.6. The second-order valence-corrected chi connectivity index (χ2v) is 5.91. The van der Waals surface area contributed by atoms with Crippen molar-refractivity contribution in [3.8, 4) is 5.75 Å². The zero-order valence-electron chi connectivity index (χ0n) is 12.2. The van der Waals surface area contributed by atoms with Gasteiger partial charge in [-0.2, -0.15) is 0 Å². The quantitative estimate of drug-likeness (QED) is 0.725. The van der Waals surface area contributed by atoms with Crippen LogP contribution in [0, 0.1) is 0 Å². The van der Waals surface area contributed by atoms with Crippen LogP contribution in [0.1, 0.15) is 15.9 Å². The first-order valence-electron chi connectivity index (χ1n) is 7.03. The molecule has 1 aliphatic heterocycles. The van der Waals surface area contributed by atoms with Crippen molar-refractivity contribution in [2.75, 3.05) is 16.0 Å². The van der Waals surface area contributed by atoms with Gasteiger partial charge in [-0.1, -0.05) is 28.1 Å². The zero-order valence-corrected chi connectivity index (χ0v) is 13.8. The molecule has 0 atom stereocenters. The molecule has 1 amide bonds. The molecule has 2 aromatic rings. The maximum Gasteiger partial charge on any atom is 0.573 e. The Balaban J connectivity index is 1.99. The molecular weight excluding hydrogens is 389 g/mol. The molecule has 2 aromatic carbocycles. The van der Waals surface area contributed by atoms with Crippen LogP contribution in [0.4, 0.5) is 30.2 Å². The summed E-state index contributed by atoms with van der Waals surface area (Å²) >= 11 is 3.34. The predicted octanol–water partition coefficient (Wildman–Crippen LogP) is 4.83. The molecule has 3 rings (SSSR count). The molecule has 0 fully saturated rings. The summed E-state index contributed by atoms with van der Waals surface area (Å²) in [4.78, 5) is 12.5. The Morgan fingerprint density at radius 2 is 1.83 bits per heavy atom. The second-order valence-electron chi connectivity index (χ2n) is 5.11. The minimum atomic E-state index is -4.79. The van der Waals surface area contributed by atoms with Gasteiger partial charge >= 0.3 is 6.36 Å². The van der Waals surface area contributed by atoms with Gasteiger partial charge in [-0.15, -0.1) is 13.2 Å². The standard InChI is InChI=1S/C16H12BrF3N2O2/c17-7-6-9-2-1-3-12-14(9)15(23)22-13-8-10(24-16(18,19)20)4-5-11(13)21-12/h1-5,8,21H,6-7H2,(H,22,23). The van der Waals surface area contributed by atoms with Crippen LogP contribution < -0.4 is 15.4 Å². The fraction of sp³-hybridized carbons (Fsp3) is 0.188. The van der Waals surface area contributed by atoms with Crippen LogP contribution in [0.25, 0.3) is 0 Å². The van der Waals surface area contributed by atoms with E-state index in [2.05, 4.69) is 31.3 Å². The van der Waals surface area contributed by atoms with Gasteiger partial charge in [0.15, 0.2) is 0 Å². The highest BCUT2D eigenvalue weighted by molar-refractivity contribution is 9.09. The Bertz CT molecular complexity index is 793. The summed E-state index contributed by atoms with van der Waals surface area (Å²) in [6, 6.07) is 9.19. The third-order valence-corrected chi connectivity index (χ3v) is 3.88. The molecule has 126 valence electrons. The summed E-state index contributed by atoms with van der Waals surface area (Å²) in [5.41, 5.74) is 2.64. The maximum absolute atomic E-state index is 12.5. The Morgan fingerprint density at radius 3 is 2.54 bits per heavy atom. The van der Waals surface area contributed by atoms with Crippen molar-refractivity contribution in [3.63, 3.8) is 0 Å². The van der Waals surface area contributed by atoms with Gasteiger partial charge in [0.25, 0.3) is 5.91 Å². The molecule has 0 aromatic heterocycles. The average molecular weight is 401 g/mol. The fourth-order valence-electron chi connectivity index (χ4n) is 2.55. The van der Waals surface area contributed by atoms with Crippen molar-refractivity contribution in [2.24, 2.45) is 0 Å². The number of carbonyl (C=O) groups is 1. The van der Waals surface area contributed by atoms with Crippen LogP contribution >= 0.6 is 15.9 Å². The topological polar surface area (TPSA) is 50.4 Å². The molecule has 8 heteroatoms. The van der Waals surface area contributed by atoms with Gasteiger partial charge in [0, 0.05) is 11.4 Å². The van der Waals surface area contributed by atoms with Crippen molar-refractivity contribution in [3.05, 3.63) is 47.5 Å². The van der Waals surface area contributed by atoms with E-state index in [0.717, 1.165) is 11.6 Å². The number of fused-ring (bicyclic) bond motifs is 2. The molecular formula is C16H12BrF3N2O2. The van der Waals surface area contributed by atoms with E-state index in [-0.39, 0.29) is 11.6 Å². The SMILES string of the molecule is O=C1Nc2cc(OC(F)(F)F)ccc2Nc2cccc(CCBr)c21. The molecule has 24 heavy (non-hydrogen) atoms. The molecule has 0 radical (unpaired) electrons. The first-order chi connectivity index (χ1) is 11.4. The zero-order chi connectivity index (χ0) is 17.3. The minimum absolute atomic E-state index is 0.225. The number of halogens is 4. The molecule has 2 N–H and O–H groups in total. The van der Waals surface area contributed by atoms with Gasteiger partial charge in [-0.3, -0.25) is 4.79 Å². The summed E-state index contributed by atoms with van der Waals surface area (Å²) in [6.07, 6.45) is -4.14. The van der Waals surface area contributed by atoms with E-state index in [0.29, 0.717) is 28.7 Å². The van der Waals surface area contributed by atoms with Gasteiger partial charge in [0.2, 0.25) is 0 Å². The van der Waals surface area contributed by atoms with Gasteiger partial charge in [0.05, 0.1) is 22.6 Å². The van der Waals surface area contributed by atoms with Crippen molar-refractivity contribution in [1.82, 2.24) is 0 Å².